The summed E-state index contributed by atoms with van der Waals surface area (Å²) < 4.78 is 17.7. The van der Waals surface area contributed by atoms with Crippen molar-refractivity contribution in [2.75, 3.05) is 19.8 Å². The van der Waals surface area contributed by atoms with Crippen LogP contribution in [0.2, 0.25) is 0 Å². The molecule has 4 heteroatoms. The second-order valence-electron chi connectivity index (χ2n) is 6.57. The number of aryl methyl sites for hydroxylation is 1. The normalized spacial score (nSPS) is 35.1. The second-order valence-corrected chi connectivity index (χ2v) is 6.57. The molecule has 4 rings (SSSR count). The lowest BCUT2D eigenvalue weighted by atomic mass is 9.91. The molecule has 0 radical (unpaired) electrons. The van der Waals surface area contributed by atoms with E-state index >= 15 is 0 Å². The predicted molar refractivity (Wildman–Crippen MR) is 79.5 cm³/mol. The van der Waals surface area contributed by atoms with Gasteiger partial charge in [-0.05, 0) is 36.1 Å². The van der Waals surface area contributed by atoms with Gasteiger partial charge in [0.15, 0.2) is 0 Å². The topological polar surface area (TPSA) is 53.7 Å². The molecule has 1 aliphatic carbocycles. The summed E-state index contributed by atoms with van der Waals surface area (Å²) in [7, 11) is 0. The van der Waals surface area contributed by atoms with Gasteiger partial charge in [0.05, 0.1) is 18.8 Å². The molecule has 0 bridgehead atoms. The highest BCUT2D eigenvalue weighted by Crippen LogP contribution is 2.36. The molecular formula is C17H23NO3. The molecule has 21 heavy (non-hydrogen) atoms. The van der Waals surface area contributed by atoms with Gasteiger partial charge in [-0.2, -0.15) is 0 Å². The molecule has 0 aromatic heterocycles. The largest absolute Gasteiger partial charge is 0.490 e. The van der Waals surface area contributed by atoms with Crippen LogP contribution in [0, 0.1) is 0 Å². The summed E-state index contributed by atoms with van der Waals surface area (Å²) >= 11 is 0. The lowest BCUT2D eigenvalue weighted by Crippen LogP contribution is -2.44. The van der Waals surface area contributed by atoms with Gasteiger partial charge in [0.1, 0.15) is 11.9 Å². The standard InChI is InChI=1S/C17H23NO3/c18-16-4-1-12-9-13(2-3-15(12)16)21-14-5-7-20-17(10-14)6-8-19-11-17/h2-3,9,14,16H,1,4-8,10-11,18H2/t14?,16-,17?/m1/s1. The van der Waals surface area contributed by atoms with Crippen molar-refractivity contribution in [2.24, 2.45) is 5.73 Å². The highest BCUT2D eigenvalue weighted by atomic mass is 16.6. The summed E-state index contributed by atoms with van der Waals surface area (Å²) in [4.78, 5) is 0. The zero-order chi connectivity index (χ0) is 14.3. The third-order valence-corrected chi connectivity index (χ3v) is 5.06. The Morgan fingerprint density at radius 3 is 3.05 bits per heavy atom. The Labute approximate surface area is 125 Å². The highest BCUT2D eigenvalue weighted by Gasteiger charge is 2.41. The Hall–Kier alpha value is -1.10. The van der Waals surface area contributed by atoms with Crippen molar-refractivity contribution in [3.63, 3.8) is 0 Å². The van der Waals surface area contributed by atoms with Crippen LogP contribution >= 0.6 is 0 Å². The summed E-state index contributed by atoms with van der Waals surface area (Å²) in [6, 6.07) is 6.58. The number of ether oxygens (including phenoxy) is 3. The summed E-state index contributed by atoms with van der Waals surface area (Å²) in [6.07, 6.45) is 5.23. The van der Waals surface area contributed by atoms with Crippen LogP contribution in [0.4, 0.5) is 0 Å². The van der Waals surface area contributed by atoms with E-state index in [9.17, 15) is 0 Å². The molecule has 1 aromatic carbocycles. The van der Waals surface area contributed by atoms with Gasteiger partial charge in [0, 0.05) is 31.9 Å². The molecule has 3 atom stereocenters. The van der Waals surface area contributed by atoms with Crippen molar-refractivity contribution in [1.29, 1.82) is 0 Å². The molecule has 2 N–H and O–H groups in total. The first-order valence-corrected chi connectivity index (χ1v) is 8.01. The van der Waals surface area contributed by atoms with Crippen molar-refractivity contribution >= 4 is 0 Å². The SMILES string of the molecule is N[C@@H]1CCc2cc(OC3CCOC4(CCOC4)C3)ccc21. The maximum atomic E-state index is 6.23. The molecule has 2 saturated heterocycles. The van der Waals surface area contributed by atoms with Gasteiger partial charge in [0.25, 0.3) is 0 Å². The lowest BCUT2D eigenvalue weighted by molar-refractivity contribution is -0.112. The summed E-state index contributed by atoms with van der Waals surface area (Å²) in [5.74, 6) is 0.976. The van der Waals surface area contributed by atoms with Crippen molar-refractivity contribution in [1.82, 2.24) is 0 Å². The minimum Gasteiger partial charge on any atom is -0.490 e. The molecule has 4 nitrogen and oxygen atoms in total. The first-order valence-electron chi connectivity index (χ1n) is 8.01. The first-order chi connectivity index (χ1) is 10.2. The Balaban J connectivity index is 1.46. The summed E-state index contributed by atoms with van der Waals surface area (Å²) in [5.41, 5.74) is 8.63. The minimum absolute atomic E-state index is 0.0952. The zero-order valence-corrected chi connectivity index (χ0v) is 12.3. The maximum Gasteiger partial charge on any atom is 0.120 e. The Morgan fingerprint density at radius 2 is 2.19 bits per heavy atom. The second kappa shape index (κ2) is 5.27. The maximum absolute atomic E-state index is 6.23. The third-order valence-electron chi connectivity index (χ3n) is 5.06. The Kier molecular flexibility index (Phi) is 3.40. The van der Waals surface area contributed by atoms with Crippen LogP contribution in [0.15, 0.2) is 18.2 Å². The monoisotopic (exact) mass is 289 g/mol. The minimum atomic E-state index is -0.0952. The highest BCUT2D eigenvalue weighted by molar-refractivity contribution is 5.40. The fraction of sp³-hybridized carbons (Fsp3) is 0.647. The summed E-state index contributed by atoms with van der Waals surface area (Å²) in [5, 5.41) is 0. The molecule has 1 spiro atoms. The molecule has 3 aliphatic rings. The summed E-state index contributed by atoms with van der Waals surface area (Å²) in [6.45, 7) is 2.29. The zero-order valence-electron chi connectivity index (χ0n) is 12.3. The van der Waals surface area contributed by atoms with Gasteiger partial charge >= 0.3 is 0 Å². The van der Waals surface area contributed by atoms with E-state index in [0.29, 0.717) is 6.61 Å². The number of benzene rings is 1. The number of rotatable bonds is 2. The number of nitrogens with two attached hydrogens (primary N) is 1. The quantitative estimate of drug-likeness (QED) is 0.908. The molecule has 0 saturated carbocycles. The van der Waals surface area contributed by atoms with E-state index in [2.05, 4.69) is 18.2 Å². The van der Waals surface area contributed by atoms with Crippen LogP contribution in [0.25, 0.3) is 0 Å². The van der Waals surface area contributed by atoms with E-state index in [1.54, 1.807) is 0 Å². The van der Waals surface area contributed by atoms with Crippen LogP contribution in [-0.2, 0) is 15.9 Å². The average molecular weight is 289 g/mol. The van der Waals surface area contributed by atoms with E-state index in [1.807, 2.05) is 0 Å². The molecule has 2 aliphatic heterocycles. The van der Waals surface area contributed by atoms with Gasteiger partial charge < -0.3 is 19.9 Å². The first kappa shape index (κ1) is 13.6. The Morgan fingerprint density at radius 1 is 1.24 bits per heavy atom. The number of hydrogen-bond donors (Lipinski definition) is 1. The van der Waals surface area contributed by atoms with E-state index in [-0.39, 0.29) is 17.7 Å². The lowest BCUT2D eigenvalue weighted by Gasteiger charge is -2.37. The molecule has 2 unspecified atom stereocenters. The van der Waals surface area contributed by atoms with Crippen molar-refractivity contribution < 1.29 is 14.2 Å². The van der Waals surface area contributed by atoms with Crippen LogP contribution in [0.5, 0.6) is 5.75 Å². The van der Waals surface area contributed by atoms with Crippen LogP contribution in [-0.4, -0.2) is 31.5 Å². The third kappa shape index (κ3) is 2.56. The van der Waals surface area contributed by atoms with Gasteiger partial charge in [-0.1, -0.05) is 6.07 Å². The molecular weight excluding hydrogens is 266 g/mol. The molecule has 114 valence electrons. The van der Waals surface area contributed by atoms with Crippen molar-refractivity contribution in [3.05, 3.63) is 29.3 Å². The van der Waals surface area contributed by atoms with Crippen LogP contribution < -0.4 is 10.5 Å². The fourth-order valence-corrected chi connectivity index (χ4v) is 3.84. The van der Waals surface area contributed by atoms with Gasteiger partial charge in [-0.25, -0.2) is 0 Å². The van der Waals surface area contributed by atoms with Crippen LogP contribution in [0.1, 0.15) is 42.9 Å². The van der Waals surface area contributed by atoms with Gasteiger partial charge in [0.2, 0.25) is 0 Å². The molecule has 1 aromatic rings. The number of hydrogen-bond acceptors (Lipinski definition) is 4. The molecule has 2 heterocycles. The predicted octanol–water partition coefficient (Wildman–Crippen LogP) is 2.35. The average Bonchev–Trinajstić information content (AvgIpc) is 3.07. The molecule has 0 amide bonds. The van der Waals surface area contributed by atoms with Gasteiger partial charge in [-0.15, -0.1) is 0 Å². The molecule has 2 fully saturated rings. The Bertz CT molecular complexity index is 525. The van der Waals surface area contributed by atoms with Crippen molar-refractivity contribution in [2.45, 2.75) is 49.9 Å². The van der Waals surface area contributed by atoms with E-state index < -0.39 is 0 Å². The van der Waals surface area contributed by atoms with Crippen molar-refractivity contribution in [3.8, 4) is 5.75 Å². The van der Waals surface area contributed by atoms with E-state index in [0.717, 1.165) is 51.1 Å². The fourth-order valence-electron chi connectivity index (χ4n) is 3.84. The van der Waals surface area contributed by atoms with E-state index in [1.165, 1.54) is 11.1 Å². The number of fused-ring (bicyclic) bond motifs is 1. The smallest absolute Gasteiger partial charge is 0.120 e. The van der Waals surface area contributed by atoms with E-state index in [4.69, 9.17) is 19.9 Å². The van der Waals surface area contributed by atoms with Gasteiger partial charge in [-0.3, -0.25) is 0 Å². The van der Waals surface area contributed by atoms with Crippen LogP contribution in [0.3, 0.4) is 0 Å².